The molecule has 0 amide bonds. The molecule has 0 saturated heterocycles. The van der Waals surface area contributed by atoms with Crippen LogP contribution >= 0.6 is 11.6 Å². The van der Waals surface area contributed by atoms with E-state index in [2.05, 4.69) is 72.6 Å². The van der Waals surface area contributed by atoms with Crippen molar-refractivity contribution in [1.82, 2.24) is 9.38 Å². The summed E-state index contributed by atoms with van der Waals surface area (Å²) in [5, 5.41) is 3.81. The molecule has 1 aliphatic carbocycles. The zero-order chi connectivity index (χ0) is 33.8. The lowest BCUT2D eigenvalue weighted by Gasteiger charge is -2.50. The number of fused-ring (bicyclic) bond motifs is 1. The maximum absolute atomic E-state index is 14.5. The highest BCUT2D eigenvalue weighted by Crippen LogP contribution is 2.50. The number of ether oxygens (including phenoxy) is 2. The number of nitrogens with one attached hydrogen (secondary N) is 2. The second kappa shape index (κ2) is 15.0. The van der Waals surface area contributed by atoms with Crippen LogP contribution in [-0.2, 0) is 9.47 Å². The Balaban J connectivity index is 1.73. The maximum Gasteiger partial charge on any atom is 0.342 e. The van der Waals surface area contributed by atoms with Gasteiger partial charge >= 0.3 is 5.97 Å². The van der Waals surface area contributed by atoms with E-state index in [1.807, 2.05) is 12.1 Å². The predicted octanol–water partition coefficient (Wildman–Crippen LogP) is 9.83. The monoisotopic (exact) mass is 653 g/mol. The van der Waals surface area contributed by atoms with Gasteiger partial charge in [0.1, 0.15) is 29.9 Å². The van der Waals surface area contributed by atoms with E-state index in [1.165, 1.54) is 23.3 Å². The van der Waals surface area contributed by atoms with Gasteiger partial charge < -0.3 is 19.8 Å². The summed E-state index contributed by atoms with van der Waals surface area (Å²) in [7, 11) is 0. The van der Waals surface area contributed by atoms with Crippen LogP contribution in [0.3, 0.4) is 0 Å². The van der Waals surface area contributed by atoms with Crippen molar-refractivity contribution in [3.63, 3.8) is 0 Å². The van der Waals surface area contributed by atoms with Crippen molar-refractivity contribution in [2.24, 2.45) is 34.5 Å². The van der Waals surface area contributed by atoms with Crippen LogP contribution in [0.2, 0.25) is 5.02 Å². The lowest BCUT2D eigenvalue weighted by molar-refractivity contribution is -0.0922. The number of hydrogen-bond acceptors (Lipinski definition) is 5. The topological polar surface area (TPSA) is 84.8 Å². The van der Waals surface area contributed by atoms with Crippen LogP contribution in [0.4, 0.5) is 5.82 Å². The number of anilines is 1. The van der Waals surface area contributed by atoms with E-state index in [0.29, 0.717) is 46.1 Å². The van der Waals surface area contributed by atoms with Gasteiger partial charge in [-0.15, -0.1) is 0 Å². The Hall–Kier alpha value is -2.77. The molecule has 254 valence electrons. The molecule has 7 nitrogen and oxygen atoms in total. The van der Waals surface area contributed by atoms with Crippen LogP contribution in [0, 0.1) is 34.5 Å². The number of nitrogens with zero attached hydrogens (tertiary/aromatic N) is 1. The first kappa shape index (κ1) is 36.1. The Morgan fingerprint density at radius 3 is 2.26 bits per heavy atom. The highest BCUT2D eigenvalue weighted by Gasteiger charge is 2.48. The number of carbonyl (C=O) groups excluding carboxylic acids is 1. The number of aromatic nitrogens is 2. The molecule has 2 N–H and O–H groups in total. The molecule has 3 aromatic rings. The highest BCUT2D eigenvalue weighted by molar-refractivity contribution is 6.30. The van der Waals surface area contributed by atoms with Gasteiger partial charge in [-0.25, -0.2) is 4.79 Å². The molecule has 3 unspecified atom stereocenters. The third-order valence-electron chi connectivity index (χ3n) is 9.96. The summed E-state index contributed by atoms with van der Waals surface area (Å²) in [4.78, 5) is 31.3. The summed E-state index contributed by atoms with van der Waals surface area (Å²) in [6, 6.07) is 8.81. The average Bonchev–Trinajstić information content (AvgIpc) is 3.37. The second-order valence-corrected chi connectivity index (χ2v) is 16.1. The molecular formula is C38H56ClN3O4. The quantitative estimate of drug-likeness (QED) is 0.115. The zero-order valence-electron chi connectivity index (χ0n) is 29.5. The molecule has 1 aromatic carbocycles. The Kier molecular flexibility index (Phi) is 11.7. The van der Waals surface area contributed by atoms with E-state index in [-0.39, 0.29) is 41.1 Å². The maximum atomic E-state index is 14.5. The molecular weight excluding hydrogens is 598 g/mol. The fourth-order valence-corrected chi connectivity index (χ4v) is 7.24. The van der Waals surface area contributed by atoms with E-state index in [0.717, 1.165) is 31.2 Å². The second-order valence-electron chi connectivity index (χ2n) is 15.7. The molecule has 4 rings (SSSR count). The number of halogens is 1. The molecule has 3 atom stereocenters. The van der Waals surface area contributed by atoms with Gasteiger partial charge in [-0.05, 0) is 59.6 Å². The average molecular weight is 654 g/mol. The fraction of sp³-hybridized carbons (Fsp3) is 0.632. The van der Waals surface area contributed by atoms with Gasteiger partial charge in [0, 0.05) is 34.7 Å². The lowest BCUT2D eigenvalue weighted by atomic mass is 9.59. The van der Waals surface area contributed by atoms with Crippen molar-refractivity contribution >= 4 is 29.0 Å². The number of esters is 1. The summed E-state index contributed by atoms with van der Waals surface area (Å²) in [6.07, 6.45) is 8.02. The van der Waals surface area contributed by atoms with Crippen molar-refractivity contribution in [3.05, 3.63) is 57.5 Å². The summed E-state index contributed by atoms with van der Waals surface area (Å²) < 4.78 is 14.1. The van der Waals surface area contributed by atoms with Crippen LogP contribution in [0.25, 0.3) is 16.8 Å². The minimum Gasteiger partial charge on any atom is -0.458 e. The number of rotatable bonds is 12. The summed E-state index contributed by atoms with van der Waals surface area (Å²) in [5.74, 6) is 1.48. The fourth-order valence-electron chi connectivity index (χ4n) is 7.11. The van der Waals surface area contributed by atoms with Crippen molar-refractivity contribution < 1.29 is 14.3 Å². The first-order chi connectivity index (χ1) is 21.6. The normalized spacial score (nSPS) is 21.3. The Morgan fingerprint density at radius 1 is 1.07 bits per heavy atom. The van der Waals surface area contributed by atoms with E-state index >= 15 is 0 Å². The van der Waals surface area contributed by atoms with Crippen molar-refractivity contribution in [2.75, 3.05) is 18.7 Å². The number of carbonyl (C=O) groups is 1. The number of aromatic amines is 1. The van der Waals surface area contributed by atoms with E-state index in [9.17, 15) is 9.59 Å². The number of H-pyrrole nitrogens is 1. The first-order valence-corrected chi connectivity index (χ1v) is 17.6. The van der Waals surface area contributed by atoms with E-state index < -0.39 is 5.97 Å². The molecule has 0 spiro atoms. The summed E-state index contributed by atoms with van der Waals surface area (Å²) in [6.45, 7) is 21.1. The van der Waals surface area contributed by atoms with Gasteiger partial charge in [0.05, 0.1) is 6.61 Å². The SMILES string of the molecule is CCCCC(CC)COCNc1cc(=O)n2cc(-c3ccc(Cl)cc3)c(C(=O)OC3C(C(C)(C)C)CC(C)CC3C(C)(C)C)c2[nH]1. The van der Waals surface area contributed by atoms with Crippen LogP contribution in [-0.4, -0.2) is 34.8 Å². The highest BCUT2D eigenvalue weighted by atomic mass is 35.5. The first-order valence-electron chi connectivity index (χ1n) is 17.2. The number of unbranched alkanes of at least 4 members (excludes halogenated alkanes) is 1. The molecule has 0 bridgehead atoms. The summed E-state index contributed by atoms with van der Waals surface area (Å²) >= 11 is 6.23. The number of benzene rings is 1. The molecule has 1 saturated carbocycles. The smallest absolute Gasteiger partial charge is 0.342 e. The largest absolute Gasteiger partial charge is 0.458 e. The zero-order valence-corrected chi connectivity index (χ0v) is 30.2. The van der Waals surface area contributed by atoms with Gasteiger partial charge in [0.15, 0.2) is 0 Å². The van der Waals surface area contributed by atoms with Gasteiger partial charge in [-0.2, -0.15) is 0 Å². The van der Waals surface area contributed by atoms with Crippen LogP contribution in [0.1, 0.15) is 111 Å². The molecule has 1 fully saturated rings. The standard InChI is InChI=1S/C38H56ClN3O4/c1-10-12-13-25(11-2)22-45-23-40-31-20-32(43)42-21-28(26-14-16-27(39)17-15-26)33(35(42)41-31)36(44)46-34-29(37(4,5)6)18-24(3)19-30(34)38(7,8)9/h14-17,20-21,24-25,29-30,34,40-41H,10-13,18-19,22-23H2,1-9H3. The van der Waals surface area contributed by atoms with Crippen molar-refractivity contribution in [3.8, 4) is 11.1 Å². The third-order valence-corrected chi connectivity index (χ3v) is 10.2. The Morgan fingerprint density at radius 2 is 1.70 bits per heavy atom. The molecule has 8 heteroatoms. The Labute approximate surface area is 280 Å². The van der Waals surface area contributed by atoms with Gasteiger partial charge in [0.2, 0.25) is 0 Å². The molecule has 2 heterocycles. The molecule has 46 heavy (non-hydrogen) atoms. The minimum absolute atomic E-state index is 0.0519. The molecule has 0 radical (unpaired) electrons. The van der Waals surface area contributed by atoms with E-state index in [4.69, 9.17) is 21.1 Å². The van der Waals surface area contributed by atoms with Gasteiger partial charge in [-0.3, -0.25) is 9.20 Å². The number of hydrogen-bond donors (Lipinski definition) is 2. The van der Waals surface area contributed by atoms with Gasteiger partial charge in [-0.1, -0.05) is 105 Å². The van der Waals surface area contributed by atoms with Gasteiger partial charge in [0.25, 0.3) is 5.56 Å². The molecule has 2 aromatic heterocycles. The lowest BCUT2D eigenvalue weighted by Crippen LogP contribution is -2.49. The van der Waals surface area contributed by atoms with Crippen molar-refractivity contribution in [2.45, 2.75) is 107 Å². The van der Waals surface area contributed by atoms with Crippen LogP contribution < -0.4 is 10.9 Å². The summed E-state index contributed by atoms with van der Waals surface area (Å²) in [5.41, 5.74) is 1.77. The molecule has 0 aliphatic heterocycles. The van der Waals surface area contributed by atoms with Crippen LogP contribution in [0.15, 0.2) is 41.3 Å². The predicted molar refractivity (Wildman–Crippen MR) is 190 cm³/mol. The third kappa shape index (κ3) is 8.57. The minimum atomic E-state index is -0.429. The Bertz CT molecular complexity index is 1490. The van der Waals surface area contributed by atoms with Crippen LogP contribution in [0.5, 0.6) is 0 Å². The van der Waals surface area contributed by atoms with Crippen molar-refractivity contribution in [1.29, 1.82) is 0 Å². The van der Waals surface area contributed by atoms with E-state index in [1.54, 1.807) is 18.3 Å². The molecule has 1 aliphatic rings.